The number of rotatable bonds is 24. The first kappa shape index (κ1) is 61.8. The standard InChI is InChI=1S/C65H63N8O14PS/c1-41-34-48(79-3)30-31-50(41)65(45-24-15-8-16-25-45,46-26-28-47(78-2)29-27-46)81-37-52-51(35-54(84-52)72-36-49(61(75)71-64(72)77)42-18-9-5-10-19-42)87-88(89,82-33-17-32-66)83-38-53-56(86-63(76)44-22-13-7-14-23-44)57(80-4)62(85-53)73-40-69-55-58(67-39-68-59(55)73)70-60(74)43-20-11-6-12-21-43/h5-16,18-31,34,36,39-41,50-54,56-57,62H,17,33,35,37-38H2,1-4H3,(H,71,75,77)(H,67,68,70,74)/t41?,50?,51?,52-,53-,54-,56?,57?,62-,65?,88?/m1/s1. The number of carbonyl (C=O) groups is 2. The highest BCUT2D eigenvalue weighted by Crippen LogP contribution is 2.55. The Morgan fingerprint density at radius 1 is 0.798 bits per heavy atom. The van der Waals surface area contributed by atoms with Crippen LogP contribution in [-0.4, -0.2) is 113 Å². The molecule has 8 aromatic rings. The number of aromatic nitrogens is 6. The lowest BCUT2D eigenvalue weighted by molar-refractivity contribution is -0.122. The van der Waals surface area contributed by atoms with E-state index in [2.05, 4.69) is 44.3 Å². The van der Waals surface area contributed by atoms with Crippen molar-refractivity contribution in [2.75, 3.05) is 46.5 Å². The maximum absolute atomic E-state index is 14.1. The predicted octanol–water partition coefficient (Wildman–Crippen LogP) is 9.60. The largest absolute Gasteiger partial charge is 0.497 e. The summed E-state index contributed by atoms with van der Waals surface area (Å²) in [5, 5.41) is 12.6. The Bertz CT molecular complexity index is 4060. The molecule has 3 aliphatic rings. The molecule has 2 fully saturated rings. The Hall–Kier alpha value is -8.79. The van der Waals surface area contributed by atoms with Crippen LogP contribution in [0.15, 0.2) is 198 Å². The summed E-state index contributed by atoms with van der Waals surface area (Å²) in [5.41, 5.74) is 0.873. The molecule has 0 spiro atoms. The van der Waals surface area contributed by atoms with Gasteiger partial charge in [-0.05, 0) is 83.0 Å². The molecule has 2 saturated heterocycles. The molecule has 24 heteroatoms. The maximum Gasteiger partial charge on any atom is 0.338 e. The normalized spacial score (nSPS) is 22.7. The number of hydrogen-bond donors (Lipinski definition) is 2. The fourth-order valence-electron chi connectivity index (χ4n) is 11.4. The average Bonchev–Trinajstić information content (AvgIpc) is 1.68. The van der Waals surface area contributed by atoms with E-state index in [1.807, 2.05) is 72.8 Å². The number of carbonyl (C=O) groups excluding carboxylic acids is 2. The van der Waals surface area contributed by atoms with Crippen molar-refractivity contribution in [2.24, 2.45) is 11.8 Å². The molecule has 1 amide bonds. The van der Waals surface area contributed by atoms with Crippen LogP contribution in [0.5, 0.6) is 5.75 Å². The van der Waals surface area contributed by atoms with E-state index in [-0.39, 0.29) is 66.0 Å². The monoisotopic (exact) mass is 1240 g/mol. The van der Waals surface area contributed by atoms with Crippen LogP contribution in [0.2, 0.25) is 0 Å². The number of amides is 1. The van der Waals surface area contributed by atoms with E-state index in [9.17, 15) is 24.4 Å². The SMILES string of the molecule is COC1=CC(C)C(C(OC[C@H]2O[C@@H](n3cc(-c4ccccc4)c(=O)[nH]c3=O)CC2OP(=S)(OCCC#N)OC[C@H]2O[C@@H](n3cnc4c(NC(=O)c5ccccc5)ncnc43)C(OC)C2OC(=O)c2ccccc2)(c2ccccc2)c2ccc(OC)cc2)C=C1. The van der Waals surface area contributed by atoms with Gasteiger partial charge in [-0.25, -0.2) is 24.5 Å². The minimum absolute atomic E-state index is 0.0630. The minimum Gasteiger partial charge on any atom is -0.497 e. The number of anilines is 1. The number of nitrogens with zero attached hydrogens (tertiary/aromatic N) is 6. The number of benzene rings is 5. The van der Waals surface area contributed by atoms with Crippen LogP contribution in [0.3, 0.4) is 0 Å². The van der Waals surface area contributed by atoms with Crippen molar-refractivity contribution in [1.29, 1.82) is 5.26 Å². The van der Waals surface area contributed by atoms with Crippen molar-refractivity contribution in [3.63, 3.8) is 0 Å². The molecule has 3 aromatic heterocycles. The van der Waals surface area contributed by atoms with Gasteiger partial charge in [0.05, 0.1) is 70.1 Å². The smallest absolute Gasteiger partial charge is 0.338 e. The molecule has 0 saturated carbocycles. The molecule has 89 heavy (non-hydrogen) atoms. The van der Waals surface area contributed by atoms with E-state index < -0.39 is 85.0 Å². The van der Waals surface area contributed by atoms with Gasteiger partial charge in [-0.2, -0.15) is 5.26 Å². The minimum atomic E-state index is -4.12. The topological polar surface area (TPSA) is 261 Å². The molecule has 0 bridgehead atoms. The number of H-pyrrole nitrogens is 1. The second-order valence-electron chi connectivity index (χ2n) is 21.1. The van der Waals surface area contributed by atoms with Gasteiger partial charge in [-0.1, -0.05) is 122 Å². The summed E-state index contributed by atoms with van der Waals surface area (Å²) in [5.74, 6) is -0.206. The summed E-state index contributed by atoms with van der Waals surface area (Å²) in [6, 6.07) is 45.4. The van der Waals surface area contributed by atoms with Gasteiger partial charge >= 0.3 is 18.4 Å². The molecule has 11 rings (SSSR count). The number of ether oxygens (including phenoxy) is 7. The summed E-state index contributed by atoms with van der Waals surface area (Å²) in [6.45, 7) is -2.90. The number of nitrogens with one attached hydrogen (secondary N) is 2. The number of aromatic amines is 1. The van der Waals surface area contributed by atoms with E-state index in [0.29, 0.717) is 22.6 Å². The highest BCUT2D eigenvalue weighted by Gasteiger charge is 2.52. The lowest BCUT2D eigenvalue weighted by Gasteiger charge is -2.44. The molecule has 5 heterocycles. The van der Waals surface area contributed by atoms with Gasteiger partial charge < -0.3 is 52.0 Å². The molecule has 11 atom stereocenters. The van der Waals surface area contributed by atoms with Gasteiger partial charge in [-0.15, -0.1) is 0 Å². The summed E-state index contributed by atoms with van der Waals surface area (Å²) in [7, 11) is 4.64. The Kier molecular flexibility index (Phi) is 19.3. The lowest BCUT2D eigenvalue weighted by atomic mass is 9.69. The van der Waals surface area contributed by atoms with E-state index in [0.717, 1.165) is 11.1 Å². The molecular formula is C65H63N8O14PS. The fraction of sp³-hybridized carbons (Fsp3) is 0.292. The molecule has 2 aliphatic heterocycles. The molecule has 458 valence electrons. The van der Waals surface area contributed by atoms with E-state index in [4.69, 9.17) is 58.5 Å². The van der Waals surface area contributed by atoms with Crippen LogP contribution in [0.4, 0.5) is 5.82 Å². The molecule has 0 radical (unpaired) electrons. The first-order valence-electron chi connectivity index (χ1n) is 28.6. The molecule has 7 unspecified atom stereocenters. The van der Waals surface area contributed by atoms with Gasteiger partial charge in [0.1, 0.15) is 48.0 Å². The number of allylic oxidation sites excluding steroid dienone is 2. The quantitative estimate of drug-likeness (QED) is 0.0324. The zero-order valence-electron chi connectivity index (χ0n) is 48.8. The van der Waals surface area contributed by atoms with Crippen LogP contribution in [0.25, 0.3) is 22.3 Å². The van der Waals surface area contributed by atoms with E-state index in [1.165, 1.54) is 30.5 Å². The van der Waals surface area contributed by atoms with Crippen molar-refractivity contribution >= 4 is 47.4 Å². The summed E-state index contributed by atoms with van der Waals surface area (Å²) < 4.78 is 67.9. The predicted molar refractivity (Wildman–Crippen MR) is 330 cm³/mol. The van der Waals surface area contributed by atoms with Gasteiger partial charge in [0.25, 0.3) is 11.5 Å². The number of imidazole rings is 1. The van der Waals surface area contributed by atoms with Gasteiger partial charge in [0, 0.05) is 31.2 Å². The summed E-state index contributed by atoms with van der Waals surface area (Å²) in [6.07, 6.45) is 2.23. The van der Waals surface area contributed by atoms with Crippen molar-refractivity contribution in [3.8, 4) is 22.9 Å². The Morgan fingerprint density at radius 2 is 1.48 bits per heavy atom. The lowest BCUT2D eigenvalue weighted by Crippen LogP contribution is -2.45. The third-order valence-corrected chi connectivity index (χ3v) is 18.1. The van der Waals surface area contributed by atoms with Crippen LogP contribution in [-0.2, 0) is 59.4 Å². The van der Waals surface area contributed by atoms with Crippen LogP contribution in [0.1, 0.15) is 64.1 Å². The zero-order chi connectivity index (χ0) is 62.1. The zero-order valence-corrected chi connectivity index (χ0v) is 50.5. The van der Waals surface area contributed by atoms with Crippen LogP contribution in [0, 0.1) is 23.2 Å². The number of esters is 1. The first-order chi connectivity index (χ1) is 43.3. The molecule has 1 aliphatic carbocycles. The third kappa shape index (κ3) is 13.3. The third-order valence-electron chi connectivity index (χ3n) is 15.7. The van der Waals surface area contributed by atoms with Crippen molar-refractivity contribution < 1.29 is 56.3 Å². The molecule has 22 nitrogen and oxygen atoms in total. The van der Waals surface area contributed by atoms with Crippen LogP contribution < -0.4 is 21.3 Å². The Balaban J connectivity index is 0.953. The molecular weight excluding hydrogens is 1180 g/mol. The molecule has 2 N–H and O–H groups in total. The number of hydrogen-bond acceptors (Lipinski definition) is 19. The van der Waals surface area contributed by atoms with Gasteiger partial charge in [-0.3, -0.25) is 23.7 Å². The summed E-state index contributed by atoms with van der Waals surface area (Å²) in [4.78, 5) is 70.8. The average molecular weight is 1240 g/mol. The maximum atomic E-state index is 14.1. The fourth-order valence-corrected chi connectivity index (χ4v) is 13.5. The Morgan fingerprint density at radius 3 is 2.16 bits per heavy atom. The highest BCUT2D eigenvalue weighted by molar-refractivity contribution is 8.07. The van der Waals surface area contributed by atoms with Crippen molar-refractivity contribution in [2.45, 2.75) is 68.3 Å². The Labute approximate surface area is 516 Å². The second-order valence-corrected chi connectivity index (χ2v) is 24.1. The van der Waals surface area contributed by atoms with Gasteiger partial charge in [0.15, 0.2) is 29.3 Å². The van der Waals surface area contributed by atoms with Gasteiger partial charge in [0.2, 0.25) is 0 Å². The number of nitriles is 1. The van der Waals surface area contributed by atoms with E-state index >= 15 is 0 Å². The highest BCUT2D eigenvalue weighted by atomic mass is 32.5. The first-order valence-corrected chi connectivity index (χ1v) is 31.2. The van der Waals surface area contributed by atoms with E-state index in [1.54, 1.807) is 104 Å². The summed E-state index contributed by atoms with van der Waals surface area (Å²) >= 11 is 6.34. The van der Waals surface area contributed by atoms with Crippen molar-refractivity contribution in [3.05, 3.63) is 232 Å². The van der Waals surface area contributed by atoms with Crippen molar-refractivity contribution in [1.82, 2.24) is 29.1 Å². The number of methoxy groups -OCH3 is 3. The van der Waals surface area contributed by atoms with Crippen LogP contribution >= 0.6 is 6.72 Å². The number of fused-ring (bicyclic) bond motifs is 1. The second kappa shape index (κ2) is 27.7. The molecule has 5 aromatic carbocycles.